The van der Waals surface area contributed by atoms with Gasteiger partial charge in [-0.1, -0.05) is 0 Å². The van der Waals surface area contributed by atoms with E-state index in [0.717, 1.165) is 6.42 Å². The van der Waals surface area contributed by atoms with E-state index in [1.165, 1.54) is 4.90 Å². The molecule has 1 heterocycles. The molecule has 0 saturated carbocycles. The van der Waals surface area contributed by atoms with Crippen LogP contribution in [0.1, 0.15) is 19.3 Å². The fourth-order valence-electron chi connectivity index (χ4n) is 1.55. The third kappa shape index (κ3) is 2.45. The number of hydrogen-bond acceptors (Lipinski definition) is 2. The summed E-state index contributed by atoms with van der Waals surface area (Å²) in [4.78, 5) is 23.6. The second kappa shape index (κ2) is 4.63. The molecule has 0 unspecified atom stereocenters. The molecular weight excluding hydrogens is 237 g/mol. The summed E-state index contributed by atoms with van der Waals surface area (Å²) in [5.74, 6) is -0.936. The van der Waals surface area contributed by atoms with Crippen molar-refractivity contribution in [3.8, 4) is 0 Å². The average Bonchev–Trinajstić information content (AvgIpc) is 2.52. The molecule has 13 heavy (non-hydrogen) atoms. The molecule has 5 heteroatoms. The summed E-state index contributed by atoms with van der Waals surface area (Å²) in [5.41, 5.74) is 0. The summed E-state index contributed by atoms with van der Waals surface area (Å²) < 4.78 is 0. The van der Waals surface area contributed by atoms with Gasteiger partial charge in [0, 0.05) is 0 Å². The van der Waals surface area contributed by atoms with Gasteiger partial charge < -0.3 is 0 Å². The van der Waals surface area contributed by atoms with Crippen LogP contribution in [-0.2, 0) is 9.59 Å². The third-order valence-electron chi connectivity index (χ3n) is 2.17. The summed E-state index contributed by atoms with van der Waals surface area (Å²) in [5, 5.41) is 9.45. The number of nitrogens with zero attached hydrogens (tertiary/aromatic N) is 1. The van der Waals surface area contributed by atoms with Crippen molar-refractivity contribution >= 4 is 27.9 Å². The number of carbonyl (C=O) groups excluding carboxylic acids is 1. The first kappa shape index (κ1) is 10.5. The van der Waals surface area contributed by atoms with Gasteiger partial charge in [0.05, 0.1) is 0 Å². The van der Waals surface area contributed by atoms with Crippen molar-refractivity contribution in [2.45, 2.75) is 30.6 Å². The zero-order valence-corrected chi connectivity index (χ0v) is 8.95. The standard InChI is InChI=1S/C8H12NO3Se/c10-7(3-5-13)9-4-1-2-6(9)8(11)12/h6H,1-5H2,(H,11,12)/t6-/m0/s1. The molecule has 0 aromatic heterocycles. The van der Waals surface area contributed by atoms with E-state index >= 15 is 0 Å². The van der Waals surface area contributed by atoms with E-state index in [1.54, 1.807) is 0 Å². The summed E-state index contributed by atoms with van der Waals surface area (Å²) in [6, 6.07) is -0.584. The first-order valence-electron chi connectivity index (χ1n) is 4.27. The van der Waals surface area contributed by atoms with Crippen LogP contribution in [0.4, 0.5) is 0 Å². The van der Waals surface area contributed by atoms with Gasteiger partial charge in [0.15, 0.2) is 0 Å². The van der Waals surface area contributed by atoms with Gasteiger partial charge in [-0.05, 0) is 0 Å². The number of amides is 1. The number of aliphatic carboxylic acids is 1. The molecule has 4 nitrogen and oxygen atoms in total. The van der Waals surface area contributed by atoms with Crippen molar-refractivity contribution in [1.82, 2.24) is 4.90 Å². The number of hydrogen-bond donors (Lipinski definition) is 1. The van der Waals surface area contributed by atoms with Crippen LogP contribution in [0.2, 0.25) is 5.32 Å². The van der Waals surface area contributed by atoms with Crippen LogP contribution in [0.3, 0.4) is 0 Å². The monoisotopic (exact) mass is 250 g/mol. The van der Waals surface area contributed by atoms with Crippen LogP contribution in [0, 0.1) is 0 Å². The van der Waals surface area contributed by atoms with Crippen LogP contribution in [0.5, 0.6) is 0 Å². The zero-order valence-electron chi connectivity index (χ0n) is 7.23. The predicted octanol–water partition coefficient (Wildman–Crippen LogP) is 0.0389. The van der Waals surface area contributed by atoms with E-state index in [4.69, 9.17) is 5.11 Å². The molecule has 1 atom stereocenters. The first-order chi connectivity index (χ1) is 6.16. The number of likely N-dealkylation sites (tertiary alicyclic amines) is 1. The van der Waals surface area contributed by atoms with Crippen LogP contribution >= 0.6 is 0 Å². The molecule has 1 rings (SSSR count). The van der Waals surface area contributed by atoms with Crippen LogP contribution in [-0.4, -0.2) is 50.5 Å². The van der Waals surface area contributed by atoms with Gasteiger partial charge in [-0.25, -0.2) is 0 Å². The quantitative estimate of drug-likeness (QED) is 0.718. The van der Waals surface area contributed by atoms with Gasteiger partial charge in [-0.3, -0.25) is 0 Å². The second-order valence-electron chi connectivity index (χ2n) is 3.04. The number of rotatable bonds is 3. The zero-order chi connectivity index (χ0) is 9.84. The third-order valence-corrected chi connectivity index (χ3v) is 2.60. The Kier molecular flexibility index (Phi) is 3.75. The molecule has 1 aliphatic heterocycles. The summed E-state index contributed by atoms with van der Waals surface area (Å²) in [6.07, 6.45) is 1.80. The molecule has 1 fully saturated rings. The van der Waals surface area contributed by atoms with E-state index in [0.29, 0.717) is 24.7 Å². The molecule has 0 aromatic carbocycles. The summed E-state index contributed by atoms with van der Waals surface area (Å²) in [7, 11) is 0. The second-order valence-corrected chi connectivity index (χ2v) is 3.89. The van der Waals surface area contributed by atoms with E-state index in [-0.39, 0.29) is 5.91 Å². The number of carbonyl (C=O) groups is 2. The van der Waals surface area contributed by atoms with Gasteiger partial charge >= 0.3 is 84.7 Å². The molecule has 73 valence electrons. The molecule has 1 aliphatic rings. The first-order valence-corrected chi connectivity index (χ1v) is 5.48. The van der Waals surface area contributed by atoms with Gasteiger partial charge in [-0.2, -0.15) is 0 Å². The van der Waals surface area contributed by atoms with E-state index in [2.05, 4.69) is 16.0 Å². The maximum absolute atomic E-state index is 11.4. The summed E-state index contributed by atoms with van der Waals surface area (Å²) in [6.45, 7) is 0.593. The van der Waals surface area contributed by atoms with E-state index in [9.17, 15) is 9.59 Å². The fourth-order valence-corrected chi connectivity index (χ4v) is 1.92. The maximum atomic E-state index is 11.4. The minimum atomic E-state index is -0.883. The van der Waals surface area contributed by atoms with Gasteiger partial charge in [0.1, 0.15) is 0 Å². The molecule has 1 radical (unpaired) electrons. The predicted molar refractivity (Wildman–Crippen MR) is 47.5 cm³/mol. The molecular formula is C8H12NO3Se. The Bertz CT molecular complexity index is 219. The van der Waals surface area contributed by atoms with E-state index < -0.39 is 12.0 Å². The van der Waals surface area contributed by atoms with Gasteiger partial charge in [-0.15, -0.1) is 0 Å². The van der Waals surface area contributed by atoms with Crippen molar-refractivity contribution in [2.24, 2.45) is 0 Å². The van der Waals surface area contributed by atoms with Crippen LogP contribution in [0.25, 0.3) is 0 Å². The van der Waals surface area contributed by atoms with Gasteiger partial charge in [0.25, 0.3) is 0 Å². The molecule has 0 bridgehead atoms. The summed E-state index contributed by atoms with van der Waals surface area (Å²) >= 11 is 2.75. The number of carboxylic acids is 1. The Labute approximate surface area is 85.1 Å². The molecule has 1 saturated heterocycles. The molecule has 1 amide bonds. The molecule has 1 N–H and O–H groups in total. The molecule has 0 aliphatic carbocycles. The van der Waals surface area contributed by atoms with Crippen LogP contribution < -0.4 is 0 Å². The van der Waals surface area contributed by atoms with Crippen molar-refractivity contribution in [3.05, 3.63) is 0 Å². The van der Waals surface area contributed by atoms with Crippen molar-refractivity contribution in [1.29, 1.82) is 0 Å². The average molecular weight is 249 g/mol. The Morgan fingerprint density at radius 2 is 2.23 bits per heavy atom. The molecule has 0 aromatic rings. The minimum absolute atomic E-state index is 0.0522. The topological polar surface area (TPSA) is 57.6 Å². The van der Waals surface area contributed by atoms with Crippen molar-refractivity contribution < 1.29 is 14.7 Å². The fraction of sp³-hybridized carbons (Fsp3) is 0.750. The normalized spacial score (nSPS) is 21.9. The molecule has 0 spiro atoms. The Balaban J connectivity index is 2.57. The Morgan fingerprint density at radius 1 is 1.54 bits per heavy atom. The van der Waals surface area contributed by atoms with Crippen LogP contribution in [0.15, 0.2) is 0 Å². The van der Waals surface area contributed by atoms with Crippen molar-refractivity contribution in [2.75, 3.05) is 6.54 Å². The van der Waals surface area contributed by atoms with Crippen molar-refractivity contribution in [3.63, 3.8) is 0 Å². The van der Waals surface area contributed by atoms with E-state index in [1.807, 2.05) is 0 Å². The van der Waals surface area contributed by atoms with Gasteiger partial charge in [0.2, 0.25) is 0 Å². The SMILES string of the molecule is O=C(O)[C@@H]1CCCN1C(=O)CC[Se]. The Hall–Kier alpha value is -0.541. The number of carboxylic acid groups (broad SMARTS) is 1. The Morgan fingerprint density at radius 3 is 2.77 bits per heavy atom.